The van der Waals surface area contributed by atoms with E-state index in [0.717, 1.165) is 23.3 Å². The molecule has 1 heterocycles. The molecule has 2 aromatic rings. The Hall–Kier alpha value is -1.87. The van der Waals surface area contributed by atoms with Crippen LogP contribution in [0.4, 0.5) is 0 Å². The van der Waals surface area contributed by atoms with E-state index in [4.69, 9.17) is 10.5 Å². The van der Waals surface area contributed by atoms with Gasteiger partial charge in [0.15, 0.2) is 0 Å². The van der Waals surface area contributed by atoms with Crippen LogP contribution in [0, 0.1) is 6.92 Å². The molecule has 0 amide bonds. The molecule has 1 atom stereocenters. The number of hydrogen-bond donors (Lipinski definition) is 1. The molecule has 3 nitrogen and oxygen atoms in total. The summed E-state index contributed by atoms with van der Waals surface area (Å²) in [5.41, 5.74) is 9.26. The van der Waals surface area contributed by atoms with Gasteiger partial charge in [0.2, 0.25) is 5.88 Å². The number of aryl methyl sites for hydroxylation is 1. The first-order chi connectivity index (χ1) is 9.95. The van der Waals surface area contributed by atoms with Crippen LogP contribution in [0.1, 0.15) is 43.4 Å². The average molecular weight is 284 g/mol. The summed E-state index contributed by atoms with van der Waals surface area (Å²) in [7, 11) is 0. The predicted octanol–water partition coefficient (Wildman–Crippen LogP) is 4.20. The molecule has 0 fully saturated rings. The maximum Gasteiger partial charge on any atom is 0.222 e. The monoisotopic (exact) mass is 284 g/mol. The van der Waals surface area contributed by atoms with Crippen molar-refractivity contribution in [1.29, 1.82) is 0 Å². The van der Waals surface area contributed by atoms with Crippen LogP contribution < -0.4 is 10.5 Å². The van der Waals surface area contributed by atoms with Gasteiger partial charge in [-0.05, 0) is 55.5 Å². The summed E-state index contributed by atoms with van der Waals surface area (Å²) in [5.74, 6) is 1.97. The smallest absolute Gasteiger partial charge is 0.222 e. The van der Waals surface area contributed by atoms with Crippen molar-refractivity contribution in [1.82, 2.24) is 4.98 Å². The zero-order valence-corrected chi connectivity index (χ0v) is 13.3. The van der Waals surface area contributed by atoms with Crippen LogP contribution in [0.25, 0.3) is 0 Å². The highest BCUT2D eigenvalue weighted by atomic mass is 16.5. The van der Waals surface area contributed by atoms with Gasteiger partial charge in [-0.1, -0.05) is 26.0 Å². The van der Waals surface area contributed by atoms with E-state index in [9.17, 15) is 0 Å². The standard InChI is InChI=1S/C18H24N2O/c1-12(2)16-6-5-7-17(10-16)21-18-13(3)8-15(11-20-18)9-14(4)19/h5-8,10-12,14H,9,19H2,1-4H3. The van der Waals surface area contributed by atoms with E-state index in [1.54, 1.807) is 0 Å². The number of nitrogens with two attached hydrogens (primary N) is 1. The van der Waals surface area contributed by atoms with Gasteiger partial charge in [-0.25, -0.2) is 4.98 Å². The molecule has 0 aliphatic carbocycles. The fourth-order valence-electron chi connectivity index (χ4n) is 2.26. The Bertz CT molecular complexity index is 606. The highest BCUT2D eigenvalue weighted by Gasteiger charge is 2.07. The van der Waals surface area contributed by atoms with Gasteiger partial charge in [0.1, 0.15) is 5.75 Å². The van der Waals surface area contributed by atoms with E-state index in [0.29, 0.717) is 11.8 Å². The first-order valence-corrected chi connectivity index (χ1v) is 7.44. The van der Waals surface area contributed by atoms with Crippen molar-refractivity contribution in [2.75, 3.05) is 0 Å². The summed E-state index contributed by atoms with van der Waals surface area (Å²) in [6.07, 6.45) is 2.68. The largest absolute Gasteiger partial charge is 0.439 e. The zero-order chi connectivity index (χ0) is 15.4. The molecule has 0 bridgehead atoms. The SMILES string of the molecule is Cc1cc(CC(C)N)cnc1Oc1cccc(C(C)C)c1. The minimum absolute atomic E-state index is 0.140. The first kappa shape index (κ1) is 15.5. The number of ether oxygens (including phenoxy) is 1. The summed E-state index contributed by atoms with van der Waals surface area (Å²) < 4.78 is 5.92. The van der Waals surface area contributed by atoms with E-state index in [-0.39, 0.29) is 6.04 Å². The molecule has 112 valence electrons. The second-order valence-electron chi connectivity index (χ2n) is 5.98. The average Bonchev–Trinajstić information content (AvgIpc) is 2.41. The maximum atomic E-state index is 5.92. The van der Waals surface area contributed by atoms with Crippen LogP contribution in [0.15, 0.2) is 36.5 Å². The minimum atomic E-state index is 0.140. The summed E-state index contributed by atoms with van der Waals surface area (Å²) in [5, 5.41) is 0. The van der Waals surface area contributed by atoms with E-state index in [1.165, 1.54) is 5.56 Å². The van der Waals surface area contributed by atoms with Gasteiger partial charge in [0, 0.05) is 17.8 Å². The van der Waals surface area contributed by atoms with Gasteiger partial charge in [-0.3, -0.25) is 0 Å². The molecule has 1 unspecified atom stereocenters. The Labute approximate surface area is 127 Å². The van der Waals surface area contributed by atoms with Crippen molar-refractivity contribution in [3.63, 3.8) is 0 Å². The summed E-state index contributed by atoms with van der Waals surface area (Å²) in [6.45, 7) is 8.35. The summed E-state index contributed by atoms with van der Waals surface area (Å²) >= 11 is 0. The molecule has 21 heavy (non-hydrogen) atoms. The van der Waals surface area contributed by atoms with Gasteiger partial charge in [0.25, 0.3) is 0 Å². The molecular weight excluding hydrogens is 260 g/mol. The lowest BCUT2D eigenvalue weighted by Crippen LogP contribution is -2.17. The number of hydrogen-bond acceptors (Lipinski definition) is 3. The highest BCUT2D eigenvalue weighted by Crippen LogP contribution is 2.26. The van der Waals surface area contributed by atoms with Crippen molar-refractivity contribution in [2.24, 2.45) is 5.73 Å². The maximum absolute atomic E-state index is 5.92. The molecule has 1 aromatic carbocycles. The van der Waals surface area contributed by atoms with Crippen molar-refractivity contribution >= 4 is 0 Å². The lowest BCUT2D eigenvalue weighted by molar-refractivity contribution is 0.457. The Morgan fingerprint density at radius 1 is 1.19 bits per heavy atom. The van der Waals surface area contributed by atoms with Crippen molar-refractivity contribution in [3.05, 3.63) is 53.2 Å². The van der Waals surface area contributed by atoms with Crippen LogP contribution in [0.3, 0.4) is 0 Å². The van der Waals surface area contributed by atoms with Gasteiger partial charge >= 0.3 is 0 Å². The van der Waals surface area contributed by atoms with Crippen LogP contribution in [0.2, 0.25) is 0 Å². The van der Waals surface area contributed by atoms with E-state index in [2.05, 4.69) is 37.0 Å². The van der Waals surface area contributed by atoms with Crippen molar-refractivity contribution in [2.45, 2.75) is 46.1 Å². The quantitative estimate of drug-likeness (QED) is 0.895. The summed E-state index contributed by atoms with van der Waals surface area (Å²) in [4.78, 5) is 4.42. The molecule has 1 aromatic heterocycles. The molecule has 0 aliphatic rings. The second-order valence-corrected chi connectivity index (χ2v) is 5.98. The molecule has 0 spiro atoms. The normalized spacial score (nSPS) is 12.5. The Balaban J connectivity index is 2.18. The molecule has 0 saturated carbocycles. The van der Waals surface area contributed by atoms with Gasteiger partial charge in [0.05, 0.1) is 0 Å². The first-order valence-electron chi connectivity index (χ1n) is 7.44. The number of aromatic nitrogens is 1. The predicted molar refractivity (Wildman–Crippen MR) is 86.9 cm³/mol. The third-order valence-corrected chi connectivity index (χ3v) is 3.38. The van der Waals surface area contributed by atoms with Gasteiger partial charge in [-0.2, -0.15) is 0 Å². The zero-order valence-electron chi connectivity index (χ0n) is 13.3. The van der Waals surface area contributed by atoms with E-state index >= 15 is 0 Å². The fourth-order valence-corrected chi connectivity index (χ4v) is 2.26. The van der Waals surface area contributed by atoms with Crippen molar-refractivity contribution in [3.8, 4) is 11.6 Å². The van der Waals surface area contributed by atoms with E-state index in [1.807, 2.05) is 32.2 Å². The van der Waals surface area contributed by atoms with Crippen molar-refractivity contribution < 1.29 is 4.74 Å². The highest BCUT2D eigenvalue weighted by molar-refractivity contribution is 5.36. The number of rotatable bonds is 5. The van der Waals surface area contributed by atoms with Crippen LogP contribution in [-0.4, -0.2) is 11.0 Å². The third-order valence-electron chi connectivity index (χ3n) is 3.38. The van der Waals surface area contributed by atoms with E-state index < -0.39 is 0 Å². The molecule has 3 heteroatoms. The molecule has 2 N–H and O–H groups in total. The van der Waals surface area contributed by atoms with Gasteiger partial charge < -0.3 is 10.5 Å². The second kappa shape index (κ2) is 6.72. The Morgan fingerprint density at radius 2 is 1.95 bits per heavy atom. The Kier molecular flexibility index (Phi) is 4.97. The molecular formula is C18H24N2O. The third kappa shape index (κ3) is 4.30. The van der Waals surface area contributed by atoms with Crippen LogP contribution in [-0.2, 0) is 6.42 Å². The summed E-state index contributed by atoms with van der Waals surface area (Å²) in [6, 6.07) is 10.4. The topological polar surface area (TPSA) is 48.1 Å². The number of nitrogens with zero attached hydrogens (tertiary/aromatic N) is 1. The molecule has 2 rings (SSSR count). The minimum Gasteiger partial charge on any atom is -0.439 e. The van der Waals surface area contributed by atoms with Gasteiger partial charge in [-0.15, -0.1) is 0 Å². The lowest BCUT2D eigenvalue weighted by Gasteiger charge is -2.12. The fraction of sp³-hybridized carbons (Fsp3) is 0.389. The van der Waals surface area contributed by atoms with Crippen LogP contribution in [0.5, 0.6) is 11.6 Å². The van der Waals surface area contributed by atoms with Crippen LogP contribution >= 0.6 is 0 Å². The number of pyridine rings is 1. The number of benzene rings is 1. The molecule has 0 aliphatic heterocycles. The molecule has 0 saturated heterocycles. The lowest BCUT2D eigenvalue weighted by atomic mass is 10.0. The Morgan fingerprint density at radius 3 is 2.57 bits per heavy atom. The molecule has 0 radical (unpaired) electrons.